The van der Waals surface area contributed by atoms with Crippen LogP contribution in [-0.2, 0) is 11.5 Å². The van der Waals surface area contributed by atoms with Crippen molar-refractivity contribution in [2.45, 2.75) is 32.4 Å². The number of halogens is 1. The van der Waals surface area contributed by atoms with Crippen molar-refractivity contribution in [2.75, 3.05) is 19.6 Å². The third kappa shape index (κ3) is 3.82. The van der Waals surface area contributed by atoms with Crippen molar-refractivity contribution in [3.05, 3.63) is 33.2 Å². The molecule has 1 saturated carbocycles. The van der Waals surface area contributed by atoms with Gasteiger partial charge in [0.05, 0.1) is 18.1 Å². The lowest BCUT2D eigenvalue weighted by Gasteiger charge is -2.31. The minimum Gasteiger partial charge on any atom is -0.408 e. The van der Waals surface area contributed by atoms with Gasteiger partial charge in [0.15, 0.2) is 5.58 Å². The first-order valence-corrected chi connectivity index (χ1v) is 9.68. The fourth-order valence-electron chi connectivity index (χ4n) is 3.48. The van der Waals surface area contributed by atoms with Gasteiger partial charge in [-0.3, -0.25) is 14.3 Å². The molecular formula is C18H22BrN3O3. The molecule has 2 aliphatic rings. The van der Waals surface area contributed by atoms with Crippen LogP contribution >= 0.6 is 15.9 Å². The standard InChI is InChI=1S/C18H22BrN3O3/c19-14-5-6-15-16(8-14)25-18(24)22(15)11-21-7-1-2-13(10-21)17(23)20-9-12-3-4-12/h5-6,8,12-13H,1-4,7,9-11H2,(H,20,23). The molecule has 2 aromatic rings. The van der Waals surface area contributed by atoms with Crippen LogP contribution in [0.5, 0.6) is 0 Å². The van der Waals surface area contributed by atoms with E-state index in [1.165, 1.54) is 12.8 Å². The number of hydrogen-bond donors (Lipinski definition) is 1. The first-order chi connectivity index (χ1) is 12.1. The molecule has 0 spiro atoms. The first kappa shape index (κ1) is 16.8. The Kier molecular flexibility index (Phi) is 4.69. The van der Waals surface area contributed by atoms with Crippen LogP contribution in [0.1, 0.15) is 25.7 Å². The molecule has 1 unspecified atom stereocenters. The Morgan fingerprint density at radius 1 is 1.32 bits per heavy atom. The summed E-state index contributed by atoms with van der Waals surface area (Å²) in [5.41, 5.74) is 1.36. The highest BCUT2D eigenvalue weighted by molar-refractivity contribution is 9.10. The summed E-state index contributed by atoms with van der Waals surface area (Å²) in [6, 6.07) is 5.59. The van der Waals surface area contributed by atoms with Crippen LogP contribution in [0.2, 0.25) is 0 Å². The second kappa shape index (κ2) is 6.96. The van der Waals surface area contributed by atoms with Crippen molar-refractivity contribution in [1.82, 2.24) is 14.8 Å². The largest absolute Gasteiger partial charge is 0.421 e. The number of likely N-dealkylation sites (tertiary alicyclic amines) is 1. The molecule has 1 amide bonds. The number of piperidine rings is 1. The highest BCUT2D eigenvalue weighted by Gasteiger charge is 2.28. The van der Waals surface area contributed by atoms with E-state index < -0.39 is 0 Å². The van der Waals surface area contributed by atoms with Gasteiger partial charge >= 0.3 is 5.76 Å². The Morgan fingerprint density at radius 3 is 2.96 bits per heavy atom. The van der Waals surface area contributed by atoms with Crippen LogP contribution in [-0.4, -0.2) is 35.0 Å². The zero-order valence-corrected chi connectivity index (χ0v) is 15.6. The average Bonchev–Trinajstić information content (AvgIpc) is 3.38. The smallest absolute Gasteiger partial charge is 0.408 e. The Bertz CT molecular complexity index is 840. The van der Waals surface area contributed by atoms with Crippen LogP contribution in [0, 0.1) is 11.8 Å². The third-order valence-corrected chi connectivity index (χ3v) is 5.60. The Hall–Kier alpha value is -1.60. The quantitative estimate of drug-likeness (QED) is 0.826. The summed E-state index contributed by atoms with van der Waals surface area (Å²) in [5, 5.41) is 3.08. The summed E-state index contributed by atoms with van der Waals surface area (Å²) >= 11 is 3.39. The highest BCUT2D eigenvalue weighted by Crippen LogP contribution is 2.28. The lowest BCUT2D eigenvalue weighted by atomic mass is 9.97. The molecule has 1 aromatic heterocycles. The van der Waals surface area contributed by atoms with E-state index >= 15 is 0 Å². The van der Waals surface area contributed by atoms with Gasteiger partial charge in [0, 0.05) is 17.6 Å². The molecule has 1 aromatic carbocycles. The van der Waals surface area contributed by atoms with Gasteiger partial charge < -0.3 is 9.73 Å². The monoisotopic (exact) mass is 407 g/mol. The topological polar surface area (TPSA) is 67.5 Å². The molecule has 0 bridgehead atoms. The van der Waals surface area contributed by atoms with E-state index in [9.17, 15) is 9.59 Å². The number of fused-ring (bicyclic) bond motifs is 1. The fraction of sp³-hybridized carbons (Fsp3) is 0.556. The van der Waals surface area contributed by atoms with Gasteiger partial charge in [-0.1, -0.05) is 15.9 Å². The maximum Gasteiger partial charge on any atom is 0.421 e. The summed E-state index contributed by atoms with van der Waals surface area (Å²) in [7, 11) is 0. The molecule has 4 rings (SSSR count). The lowest BCUT2D eigenvalue weighted by molar-refractivity contribution is -0.127. The highest BCUT2D eigenvalue weighted by atomic mass is 79.9. The number of aromatic nitrogens is 1. The van der Waals surface area contributed by atoms with Crippen molar-refractivity contribution in [3.63, 3.8) is 0 Å². The maximum atomic E-state index is 12.4. The molecule has 2 heterocycles. The Balaban J connectivity index is 1.44. The van der Waals surface area contributed by atoms with E-state index in [1.807, 2.05) is 12.1 Å². The average molecular weight is 408 g/mol. The second-order valence-corrected chi connectivity index (χ2v) is 8.07. The molecule has 25 heavy (non-hydrogen) atoms. The zero-order valence-electron chi connectivity index (χ0n) is 14.0. The normalized spacial score (nSPS) is 21.6. The molecule has 2 fully saturated rings. The molecule has 1 aliphatic carbocycles. The van der Waals surface area contributed by atoms with E-state index in [-0.39, 0.29) is 17.6 Å². The van der Waals surface area contributed by atoms with Crippen LogP contribution in [0.15, 0.2) is 31.9 Å². The summed E-state index contributed by atoms with van der Waals surface area (Å²) in [5.74, 6) is 0.507. The molecular weight excluding hydrogens is 386 g/mol. The van der Waals surface area contributed by atoms with Crippen molar-refractivity contribution in [3.8, 4) is 0 Å². The number of carbonyl (C=O) groups excluding carboxylic acids is 1. The predicted octanol–water partition coefficient (Wildman–Crippen LogP) is 2.55. The number of oxazole rings is 1. The van der Waals surface area contributed by atoms with Crippen LogP contribution in [0.3, 0.4) is 0 Å². The number of benzene rings is 1. The van der Waals surface area contributed by atoms with Gasteiger partial charge in [-0.2, -0.15) is 0 Å². The van der Waals surface area contributed by atoms with Gasteiger partial charge in [-0.25, -0.2) is 4.79 Å². The number of nitrogens with zero attached hydrogens (tertiary/aromatic N) is 2. The van der Waals surface area contributed by atoms with E-state index in [2.05, 4.69) is 26.1 Å². The maximum absolute atomic E-state index is 12.4. The molecule has 0 radical (unpaired) electrons. The minimum atomic E-state index is -0.353. The fourth-order valence-corrected chi connectivity index (χ4v) is 3.82. The summed E-state index contributed by atoms with van der Waals surface area (Å²) in [6.07, 6.45) is 4.37. The second-order valence-electron chi connectivity index (χ2n) is 7.15. The predicted molar refractivity (Wildman–Crippen MR) is 98.2 cm³/mol. The lowest BCUT2D eigenvalue weighted by Crippen LogP contribution is -2.44. The molecule has 1 atom stereocenters. The van der Waals surface area contributed by atoms with Gasteiger partial charge in [-0.15, -0.1) is 0 Å². The summed E-state index contributed by atoms with van der Waals surface area (Å²) < 4.78 is 7.86. The van der Waals surface area contributed by atoms with Crippen molar-refractivity contribution < 1.29 is 9.21 Å². The number of rotatable bonds is 5. The number of nitrogens with one attached hydrogen (secondary N) is 1. The van der Waals surface area contributed by atoms with Crippen molar-refractivity contribution >= 4 is 32.9 Å². The van der Waals surface area contributed by atoms with E-state index in [4.69, 9.17) is 4.42 Å². The number of carbonyl (C=O) groups is 1. The van der Waals surface area contributed by atoms with Crippen LogP contribution < -0.4 is 11.1 Å². The van der Waals surface area contributed by atoms with Gasteiger partial charge in [0.2, 0.25) is 5.91 Å². The molecule has 7 heteroatoms. The SMILES string of the molecule is O=C(NCC1CC1)C1CCCN(Cn2c(=O)oc3cc(Br)ccc32)C1. The van der Waals surface area contributed by atoms with Crippen LogP contribution in [0.4, 0.5) is 0 Å². The van der Waals surface area contributed by atoms with Gasteiger partial charge in [0.1, 0.15) is 0 Å². The van der Waals surface area contributed by atoms with Gasteiger partial charge in [-0.05, 0) is 56.3 Å². The number of amides is 1. The molecule has 1 aliphatic heterocycles. The summed E-state index contributed by atoms with van der Waals surface area (Å²) in [6.45, 7) is 2.85. The van der Waals surface area contributed by atoms with E-state index in [0.29, 0.717) is 24.7 Å². The first-order valence-electron chi connectivity index (χ1n) is 8.89. The minimum absolute atomic E-state index is 0.00973. The molecule has 1 saturated heterocycles. The van der Waals surface area contributed by atoms with Crippen molar-refractivity contribution in [1.29, 1.82) is 0 Å². The summed E-state index contributed by atoms with van der Waals surface area (Å²) in [4.78, 5) is 26.7. The number of hydrogen-bond acceptors (Lipinski definition) is 4. The van der Waals surface area contributed by atoms with Crippen molar-refractivity contribution in [2.24, 2.45) is 11.8 Å². The molecule has 134 valence electrons. The van der Waals surface area contributed by atoms with E-state index in [0.717, 1.165) is 35.9 Å². The Morgan fingerprint density at radius 2 is 2.16 bits per heavy atom. The molecule has 1 N–H and O–H groups in total. The Labute approximate surface area is 154 Å². The van der Waals surface area contributed by atoms with Gasteiger partial charge in [0.25, 0.3) is 0 Å². The third-order valence-electron chi connectivity index (χ3n) is 5.11. The van der Waals surface area contributed by atoms with E-state index in [1.54, 1.807) is 10.6 Å². The molecule has 6 nitrogen and oxygen atoms in total. The van der Waals surface area contributed by atoms with Crippen LogP contribution in [0.25, 0.3) is 11.1 Å². The zero-order chi connectivity index (χ0) is 17.4.